The van der Waals surface area contributed by atoms with E-state index >= 15 is 0 Å². The van der Waals surface area contributed by atoms with Crippen LogP contribution in [0.3, 0.4) is 0 Å². The van der Waals surface area contributed by atoms with E-state index in [1.54, 1.807) is 0 Å². The van der Waals surface area contributed by atoms with Crippen molar-refractivity contribution in [2.24, 2.45) is 0 Å². The number of rotatable bonds is 3. The van der Waals surface area contributed by atoms with Crippen LogP contribution in [0.2, 0.25) is 5.28 Å². The third kappa shape index (κ3) is 2.56. The van der Waals surface area contributed by atoms with E-state index in [0.29, 0.717) is 0 Å². The van der Waals surface area contributed by atoms with E-state index in [4.69, 9.17) is 0 Å². The fourth-order valence-corrected chi connectivity index (χ4v) is 2.12. The van der Waals surface area contributed by atoms with Gasteiger partial charge in [0.1, 0.15) is 0 Å². The summed E-state index contributed by atoms with van der Waals surface area (Å²) >= 11 is 0.223. The minimum Gasteiger partial charge on any atom is -0.0997 e. The van der Waals surface area contributed by atoms with Gasteiger partial charge in [0.2, 0.25) is 15.2 Å². The fourth-order valence-electron chi connectivity index (χ4n) is 1.03. The molecule has 0 N–H and O–H groups in total. The van der Waals surface area contributed by atoms with Gasteiger partial charge in [0.05, 0.1) is 0 Å². The Bertz CT molecular complexity index is 174. The van der Waals surface area contributed by atoms with Crippen LogP contribution in [0.1, 0.15) is 13.9 Å². The van der Waals surface area contributed by atoms with E-state index in [1.807, 2.05) is 0 Å². The zero-order valence-corrected chi connectivity index (χ0v) is 7.92. The lowest BCUT2D eigenvalue weighted by atomic mass is 10.2. The Morgan fingerprint density at radius 1 is 1.30 bits per heavy atom. The van der Waals surface area contributed by atoms with Gasteiger partial charge in [-0.15, -0.1) is 0 Å². The summed E-state index contributed by atoms with van der Waals surface area (Å²) < 4.78 is 0. The van der Waals surface area contributed by atoms with Crippen molar-refractivity contribution in [2.45, 2.75) is 17.5 Å². The molecule has 0 radical (unpaired) electrons. The summed E-state index contributed by atoms with van der Waals surface area (Å²) in [6, 6.07) is 10.8. The third-order valence-corrected chi connectivity index (χ3v) is 3.30. The molecular weight excluding hydrogens is 135 g/mol. The van der Waals surface area contributed by atoms with E-state index in [-0.39, 0.29) is 16.6 Å². The highest BCUT2D eigenvalue weighted by Crippen LogP contribution is 1.98. The van der Waals surface area contributed by atoms with Gasteiger partial charge in [-0.2, -0.15) is 0 Å². The minimum atomic E-state index is 0. The maximum Gasteiger partial charge on any atom is 0.242 e. The predicted molar refractivity (Wildman–Crippen MR) is 49.9 cm³/mol. The second-order valence-corrected chi connectivity index (χ2v) is 4.80. The van der Waals surface area contributed by atoms with Crippen molar-refractivity contribution in [3.8, 4) is 0 Å². The first-order chi connectivity index (χ1) is 4.93. The van der Waals surface area contributed by atoms with E-state index in [0.717, 1.165) is 0 Å². The molecule has 0 amide bonds. The predicted octanol–water partition coefficient (Wildman–Crippen LogP) is 2.31. The normalized spacial score (nSPS) is 9.30. The molecule has 0 saturated heterocycles. The molecule has 0 heterocycles. The first-order valence-electron chi connectivity index (χ1n) is 3.97. The number of hydrogen-bond donors (Lipinski definition) is 0. The molecule has 0 saturated carbocycles. The number of hydrogen-bond acceptors (Lipinski definition) is 0. The molecule has 1 rings (SSSR count). The quantitative estimate of drug-likeness (QED) is 0.580. The molecule has 0 bridgehead atoms. The first kappa shape index (κ1) is 7.86. The minimum absolute atomic E-state index is 0. The summed E-state index contributed by atoms with van der Waals surface area (Å²) in [6.45, 7) is 2.29. The molecule has 1 aromatic carbocycles. The summed E-state index contributed by atoms with van der Waals surface area (Å²) in [4.78, 5) is 0. The van der Waals surface area contributed by atoms with E-state index in [9.17, 15) is 0 Å². The Hall–Kier alpha value is -0.248. The van der Waals surface area contributed by atoms with Crippen molar-refractivity contribution < 1.29 is 1.43 Å². The highest BCUT2D eigenvalue weighted by Gasteiger charge is 1.91. The zero-order valence-electron chi connectivity index (χ0n) is 6.51. The van der Waals surface area contributed by atoms with Gasteiger partial charge in [-0.25, -0.2) is 0 Å². The third-order valence-electron chi connectivity index (χ3n) is 1.66. The zero-order chi connectivity index (χ0) is 7.23. The van der Waals surface area contributed by atoms with Crippen LogP contribution in [-0.4, -0.2) is 15.2 Å². The smallest absolute Gasteiger partial charge is 0.0997 e. The van der Waals surface area contributed by atoms with Crippen LogP contribution in [0.25, 0.3) is 0 Å². The van der Waals surface area contributed by atoms with Crippen molar-refractivity contribution >= 4 is 15.2 Å². The van der Waals surface area contributed by atoms with Gasteiger partial charge in [0.25, 0.3) is 0 Å². The molecule has 0 spiro atoms. The Balaban J connectivity index is 0.000001000. The summed E-state index contributed by atoms with van der Waals surface area (Å²) in [6.07, 6.45) is 0. The van der Waals surface area contributed by atoms with Crippen molar-refractivity contribution in [2.75, 3.05) is 0 Å². The Labute approximate surface area is 70.5 Å². The van der Waals surface area contributed by atoms with Gasteiger partial charge in [-0.05, 0) is 0 Å². The van der Waals surface area contributed by atoms with Gasteiger partial charge in [-0.1, -0.05) is 53.4 Å². The van der Waals surface area contributed by atoms with Gasteiger partial charge in [-0.3, -0.25) is 0 Å². The van der Waals surface area contributed by atoms with Crippen LogP contribution in [0, 0.1) is 0 Å². The van der Waals surface area contributed by atoms with Gasteiger partial charge in [0, 0.05) is 1.43 Å². The average Bonchev–Trinajstić information content (AvgIpc) is 2.03. The van der Waals surface area contributed by atoms with E-state index in [1.165, 1.54) is 16.1 Å². The summed E-state index contributed by atoms with van der Waals surface area (Å²) in [7, 11) is 0. The SMILES string of the molecule is C[CH2][AlH][CH2]c1ccccc1.[HH]. The molecule has 1 heteroatoms. The summed E-state index contributed by atoms with van der Waals surface area (Å²) in [5.74, 6) is 0. The maximum atomic E-state index is 2.29. The maximum absolute atomic E-state index is 2.29. The first-order valence-corrected chi connectivity index (χ1v) is 5.97. The van der Waals surface area contributed by atoms with Crippen molar-refractivity contribution in [1.82, 2.24) is 0 Å². The van der Waals surface area contributed by atoms with Crippen molar-refractivity contribution in [3.63, 3.8) is 0 Å². The Morgan fingerprint density at radius 3 is 2.60 bits per heavy atom. The van der Waals surface area contributed by atoms with E-state index < -0.39 is 0 Å². The molecule has 0 atom stereocenters. The molecule has 0 nitrogen and oxygen atoms in total. The van der Waals surface area contributed by atoms with Crippen LogP contribution in [0.5, 0.6) is 0 Å². The highest BCUT2D eigenvalue weighted by molar-refractivity contribution is 6.34. The Morgan fingerprint density at radius 2 is 2.00 bits per heavy atom. The largest absolute Gasteiger partial charge is 0.242 e. The van der Waals surface area contributed by atoms with E-state index in [2.05, 4.69) is 37.3 Å². The van der Waals surface area contributed by atoms with Crippen LogP contribution >= 0.6 is 0 Å². The van der Waals surface area contributed by atoms with Crippen LogP contribution in [-0.2, 0) is 5.28 Å². The molecule has 1 aromatic rings. The lowest BCUT2D eigenvalue weighted by Gasteiger charge is -1.94. The van der Waals surface area contributed by atoms with Crippen LogP contribution in [0.15, 0.2) is 30.3 Å². The second kappa shape index (κ2) is 4.55. The highest BCUT2D eigenvalue weighted by atomic mass is 27.1. The molecule has 0 aliphatic rings. The lowest BCUT2D eigenvalue weighted by Crippen LogP contribution is -1.92. The average molecular weight is 150 g/mol. The standard InChI is InChI=1S/C7H7.C2H5.Al.H2.H/c1-7-5-3-2-4-6-7;1-2;;;/h2-6H,1H2;1H2,2H3;;1H;. The summed E-state index contributed by atoms with van der Waals surface area (Å²) in [5, 5.41) is 2.80. The van der Waals surface area contributed by atoms with Gasteiger partial charge >= 0.3 is 0 Å². The van der Waals surface area contributed by atoms with Crippen molar-refractivity contribution in [3.05, 3.63) is 35.9 Å². The molecular formula is C9H15Al. The fraction of sp³-hybridized carbons (Fsp3) is 0.333. The summed E-state index contributed by atoms with van der Waals surface area (Å²) in [5.41, 5.74) is 1.52. The molecule has 10 heavy (non-hydrogen) atoms. The second-order valence-electron chi connectivity index (χ2n) is 2.59. The van der Waals surface area contributed by atoms with Gasteiger partial charge in [0.15, 0.2) is 0 Å². The molecule has 0 aliphatic carbocycles. The van der Waals surface area contributed by atoms with Crippen LogP contribution in [0.4, 0.5) is 0 Å². The molecule has 0 aliphatic heterocycles. The molecule has 0 fully saturated rings. The monoisotopic (exact) mass is 150 g/mol. The lowest BCUT2D eigenvalue weighted by molar-refractivity contribution is 1.33. The number of benzene rings is 1. The molecule has 54 valence electrons. The van der Waals surface area contributed by atoms with Crippen LogP contribution < -0.4 is 0 Å². The van der Waals surface area contributed by atoms with Gasteiger partial charge < -0.3 is 0 Å². The molecule has 0 unspecified atom stereocenters. The van der Waals surface area contributed by atoms with Crippen molar-refractivity contribution in [1.29, 1.82) is 0 Å². The molecule has 0 aromatic heterocycles. The Kier molecular flexibility index (Phi) is 3.57. The topological polar surface area (TPSA) is 0 Å².